The van der Waals surface area contributed by atoms with Gasteiger partial charge in [-0.15, -0.1) is 0 Å². The van der Waals surface area contributed by atoms with E-state index in [-0.39, 0.29) is 11.9 Å². The molecule has 1 aliphatic heterocycles. The average Bonchev–Trinajstić information content (AvgIpc) is 3.00. The summed E-state index contributed by atoms with van der Waals surface area (Å²) in [6.45, 7) is 3.04. The highest BCUT2D eigenvalue weighted by molar-refractivity contribution is 6.32. The first-order valence-electron chi connectivity index (χ1n) is 8.32. The van der Waals surface area contributed by atoms with Crippen molar-refractivity contribution in [3.63, 3.8) is 0 Å². The Bertz CT molecular complexity index is 748. The predicted octanol–water partition coefficient (Wildman–Crippen LogP) is 2.42. The van der Waals surface area contributed by atoms with E-state index in [1.54, 1.807) is 24.0 Å². The first-order valence-corrected chi connectivity index (χ1v) is 8.70. The number of aryl methyl sites for hydroxylation is 1. The zero-order valence-electron chi connectivity index (χ0n) is 14.4. The second-order valence-electron chi connectivity index (χ2n) is 6.16. The van der Waals surface area contributed by atoms with Gasteiger partial charge in [-0.05, 0) is 19.3 Å². The SMILES string of the molecule is CC(=O)N1CCCC[C@@H]1CNc1nc(Nc2cnn(C)c2)ncc1Cl. The van der Waals surface area contributed by atoms with E-state index in [1.807, 2.05) is 18.1 Å². The van der Waals surface area contributed by atoms with Gasteiger partial charge in [-0.1, -0.05) is 11.6 Å². The van der Waals surface area contributed by atoms with Gasteiger partial charge in [0.15, 0.2) is 5.82 Å². The molecule has 0 aliphatic carbocycles. The minimum atomic E-state index is 0.110. The smallest absolute Gasteiger partial charge is 0.229 e. The lowest BCUT2D eigenvalue weighted by molar-refractivity contribution is -0.132. The highest BCUT2D eigenvalue weighted by atomic mass is 35.5. The fourth-order valence-electron chi connectivity index (χ4n) is 3.01. The quantitative estimate of drug-likeness (QED) is 0.848. The maximum Gasteiger partial charge on any atom is 0.229 e. The molecule has 3 rings (SSSR count). The number of hydrogen-bond donors (Lipinski definition) is 2. The summed E-state index contributed by atoms with van der Waals surface area (Å²) >= 11 is 6.21. The average molecular weight is 364 g/mol. The molecule has 0 bridgehead atoms. The van der Waals surface area contributed by atoms with Crippen LogP contribution in [0.4, 0.5) is 17.5 Å². The molecule has 1 fully saturated rings. The molecule has 8 nitrogen and oxygen atoms in total. The number of carbonyl (C=O) groups excluding carboxylic acids is 1. The predicted molar refractivity (Wildman–Crippen MR) is 97.0 cm³/mol. The first-order chi connectivity index (χ1) is 12.0. The van der Waals surface area contributed by atoms with Crippen molar-refractivity contribution in [2.45, 2.75) is 32.2 Å². The Morgan fingerprint density at radius 1 is 1.40 bits per heavy atom. The van der Waals surface area contributed by atoms with Gasteiger partial charge < -0.3 is 15.5 Å². The Morgan fingerprint density at radius 3 is 2.96 bits per heavy atom. The molecule has 0 unspecified atom stereocenters. The standard InChI is InChI=1S/C16H22ClN7O/c1-11(25)24-6-4-3-5-13(24)8-18-15-14(17)9-19-16(22-15)21-12-7-20-23(2)10-12/h7,9-10,13H,3-6,8H2,1-2H3,(H2,18,19,21,22)/t13-/m1/s1. The van der Waals surface area contributed by atoms with Gasteiger partial charge in [-0.2, -0.15) is 10.1 Å². The molecule has 1 amide bonds. The minimum Gasteiger partial charge on any atom is -0.367 e. The van der Waals surface area contributed by atoms with Crippen molar-refractivity contribution in [1.29, 1.82) is 0 Å². The monoisotopic (exact) mass is 363 g/mol. The van der Waals surface area contributed by atoms with Crippen molar-refractivity contribution in [2.75, 3.05) is 23.7 Å². The third kappa shape index (κ3) is 4.39. The largest absolute Gasteiger partial charge is 0.367 e. The maximum absolute atomic E-state index is 11.8. The lowest BCUT2D eigenvalue weighted by Crippen LogP contribution is -2.46. The summed E-state index contributed by atoms with van der Waals surface area (Å²) in [4.78, 5) is 22.3. The number of nitrogens with one attached hydrogen (secondary N) is 2. The summed E-state index contributed by atoms with van der Waals surface area (Å²) in [5, 5.41) is 10.9. The molecule has 0 saturated carbocycles. The van der Waals surface area contributed by atoms with Crippen molar-refractivity contribution in [1.82, 2.24) is 24.6 Å². The van der Waals surface area contributed by atoms with Crippen LogP contribution in [0.25, 0.3) is 0 Å². The lowest BCUT2D eigenvalue weighted by atomic mass is 10.0. The molecule has 25 heavy (non-hydrogen) atoms. The number of hydrogen-bond acceptors (Lipinski definition) is 6. The Labute approximate surface area is 151 Å². The maximum atomic E-state index is 11.8. The molecule has 2 N–H and O–H groups in total. The highest BCUT2D eigenvalue weighted by Gasteiger charge is 2.24. The third-order valence-electron chi connectivity index (χ3n) is 4.24. The summed E-state index contributed by atoms with van der Waals surface area (Å²) in [6, 6.07) is 0.159. The number of likely N-dealkylation sites (tertiary alicyclic amines) is 1. The van der Waals surface area contributed by atoms with Crippen LogP contribution in [0.15, 0.2) is 18.6 Å². The van der Waals surface area contributed by atoms with Gasteiger partial charge >= 0.3 is 0 Å². The minimum absolute atomic E-state index is 0.110. The second-order valence-corrected chi connectivity index (χ2v) is 6.57. The molecule has 0 aromatic carbocycles. The number of carbonyl (C=O) groups is 1. The van der Waals surface area contributed by atoms with Gasteiger partial charge in [0.05, 0.1) is 18.1 Å². The summed E-state index contributed by atoms with van der Waals surface area (Å²) < 4.78 is 1.69. The Balaban J connectivity index is 1.67. The Morgan fingerprint density at radius 2 is 2.24 bits per heavy atom. The molecule has 1 atom stereocenters. The zero-order valence-corrected chi connectivity index (χ0v) is 15.1. The van der Waals surface area contributed by atoms with Crippen LogP contribution < -0.4 is 10.6 Å². The fourth-order valence-corrected chi connectivity index (χ4v) is 3.17. The van der Waals surface area contributed by atoms with Crippen LogP contribution >= 0.6 is 11.6 Å². The number of anilines is 3. The topological polar surface area (TPSA) is 88.0 Å². The summed E-state index contributed by atoms with van der Waals surface area (Å²) in [6.07, 6.45) is 8.25. The molecular formula is C16H22ClN7O. The van der Waals surface area contributed by atoms with Gasteiger partial charge in [0, 0.05) is 39.3 Å². The van der Waals surface area contributed by atoms with E-state index < -0.39 is 0 Å². The first kappa shape index (κ1) is 17.5. The van der Waals surface area contributed by atoms with Crippen LogP contribution in [-0.4, -0.2) is 49.7 Å². The number of aromatic nitrogens is 4. The summed E-state index contributed by atoms with van der Waals surface area (Å²) in [5.41, 5.74) is 0.797. The molecule has 1 aliphatic rings. The Hall–Kier alpha value is -2.35. The number of amides is 1. The van der Waals surface area contributed by atoms with Crippen LogP contribution in [0.3, 0.4) is 0 Å². The van der Waals surface area contributed by atoms with Crippen LogP contribution in [0.5, 0.6) is 0 Å². The molecule has 0 radical (unpaired) electrons. The molecule has 3 heterocycles. The Kier molecular flexibility index (Phi) is 5.37. The van der Waals surface area contributed by atoms with E-state index in [0.29, 0.717) is 23.3 Å². The van der Waals surface area contributed by atoms with E-state index in [1.165, 1.54) is 0 Å². The normalized spacial score (nSPS) is 17.4. The molecule has 9 heteroatoms. The molecule has 2 aromatic rings. The van der Waals surface area contributed by atoms with Gasteiger partial charge in [-0.25, -0.2) is 4.98 Å². The third-order valence-corrected chi connectivity index (χ3v) is 4.52. The molecular weight excluding hydrogens is 342 g/mol. The van der Waals surface area contributed by atoms with Crippen LogP contribution in [0, 0.1) is 0 Å². The van der Waals surface area contributed by atoms with Crippen LogP contribution in [0.2, 0.25) is 5.02 Å². The summed E-state index contributed by atoms with van der Waals surface area (Å²) in [7, 11) is 1.84. The number of rotatable bonds is 5. The lowest BCUT2D eigenvalue weighted by Gasteiger charge is -2.35. The van der Waals surface area contributed by atoms with Gasteiger partial charge in [-0.3, -0.25) is 9.48 Å². The number of halogens is 1. The fraction of sp³-hybridized carbons (Fsp3) is 0.500. The van der Waals surface area contributed by atoms with Gasteiger partial charge in [0.1, 0.15) is 5.02 Å². The van der Waals surface area contributed by atoms with Gasteiger partial charge in [0.25, 0.3) is 0 Å². The second kappa shape index (κ2) is 7.69. The summed E-state index contributed by atoms with van der Waals surface area (Å²) in [5.74, 6) is 1.10. The molecule has 134 valence electrons. The molecule has 0 spiro atoms. The van der Waals surface area contributed by atoms with Crippen LogP contribution in [-0.2, 0) is 11.8 Å². The molecule has 2 aromatic heterocycles. The van der Waals surface area contributed by atoms with E-state index in [2.05, 4.69) is 25.7 Å². The van der Waals surface area contributed by atoms with Crippen molar-refractivity contribution >= 4 is 35.0 Å². The molecule has 1 saturated heterocycles. The highest BCUT2D eigenvalue weighted by Crippen LogP contribution is 2.23. The van der Waals surface area contributed by atoms with E-state index in [4.69, 9.17) is 11.6 Å². The van der Waals surface area contributed by atoms with E-state index in [9.17, 15) is 4.79 Å². The number of piperidine rings is 1. The van der Waals surface area contributed by atoms with Crippen LogP contribution in [0.1, 0.15) is 26.2 Å². The van der Waals surface area contributed by atoms with Crippen molar-refractivity contribution in [2.24, 2.45) is 7.05 Å². The van der Waals surface area contributed by atoms with Crippen molar-refractivity contribution in [3.05, 3.63) is 23.6 Å². The van der Waals surface area contributed by atoms with Crippen molar-refractivity contribution in [3.8, 4) is 0 Å². The van der Waals surface area contributed by atoms with E-state index in [0.717, 1.165) is 31.5 Å². The van der Waals surface area contributed by atoms with E-state index >= 15 is 0 Å². The van der Waals surface area contributed by atoms with Gasteiger partial charge in [0.2, 0.25) is 11.9 Å². The number of nitrogens with zero attached hydrogens (tertiary/aromatic N) is 5. The van der Waals surface area contributed by atoms with Crippen molar-refractivity contribution < 1.29 is 4.79 Å². The zero-order chi connectivity index (χ0) is 17.8.